The first-order valence-electron chi connectivity index (χ1n) is 5.62. The lowest BCUT2D eigenvalue weighted by atomic mass is 10.2. The fraction of sp³-hybridized carbons (Fsp3) is 0.286. The summed E-state index contributed by atoms with van der Waals surface area (Å²) in [6, 6.07) is 7.27. The quantitative estimate of drug-likeness (QED) is 0.848. The zero-order valence-corrected chi connectivity index (χ0v) is 11.1. The van der Waals surface area contributed by atoms with Gasteiger partial charge in [0.15, 0.2) is 0 Å². The minimum absolute atomic E-state index is 0.194. The molecule has 1 N–H and O–H groups in total. The SMILES string of the molecule is Cc1ccc(F)c(NCc2cc(C)sc2C)c1. The molecule has 0 spiro atoms. The molecule has 0 amide bonds. The highest BCUT2D eigenvalue weighted by Crippen LogP contribution is 2.22. The summed E-state index contributed by atoms with van der Waals surface area (Å²) in [5.41, 5.74) is 2.88. The van der Waals surface area contributed by atoms with Crippen LogP contribution in [-0.2, 0) is 6.54 Å². The highest BCUT2D eigenvalue weighted by molar-refractivity contribution is 7.12. The predicted octanol–water partition coefficient (Wildman–Crippen LogP) is 4.42. The second kappa shape index (κ2) is 4.88. The van der Waals surface area contributed by atoms with Gasteiger partial charge in [0.05, 0.1) is 5.69 Å². The summed E-state index contributed by atoms with van der Waals surface area (Å²) < 4.78 is 13.5. The van der Waals surface area contributed by atoms with Crippen molar-refractivity contribution >= 4 is 17.0 Å². The summed E-state index contributed by atoms with van der Waals surface area (Å²) in [7, 11) is 0. The highest BCUT2D eigenvalue weighted by atomic mass is 32.1. The van der Waals surface area contributed by atoms with Gasteiger partial charge in [0, 0.05) is 16.3 Å². The van der Waals surface area contributed by atoms with Gasteiger partial charge >= 0.3 is 0 Å². The summed E-state index contributed by atoms with van der Waals surface area (Å²) in [5.74, 6) is -0.194. The van der Waals surface area contributed by atoms with Gasteiger partial charge in [0.2, 0.25) is 0 Å². The molecule has 0 saturated heterocycles. The lowest BCUT2D eigenvalue weighted by Gasteiger charge is -2.08. The van der Waals surface area contributed by atoms with Crippen LogP contribution in [0.15, 0.2) is 24.3 Å². The third-order valence-electron chi connectivity index (χ3n) is 2.73. The van der Waals surface area contributed by atoms with Crippen LogP contribution in [0.3, 0.4) is 0 Å². The molecular formula is C14H16FNS. The van der Waals surface area contributed by atoms with E-state index >= 15 is 0 Å². The minimum atomic E-state index is -0.194. The Balaban J connectivity index is 2.12. The Kier molecular flexibility index (Phi) is 3.48. The van der Waals surface area contributed by atoms with E-state index in [4.69, 9.17) is 0 Å². The van der Waals surface area contributed by atoms with E-state index in [1.165, 1.54) is 21.4 Å². The van der Waals surface area contributed by atoms with E-state index in [1.54, 1.807) is 17.4 Å². The van der Waals surface area contributed by atoms with E-state index in [0.29, 0.717) is 12.2 Å². The molecule has 0 radical (unpaired) electrons. The number of rotatable bonds is 3. The van der Waals surface area contributed by atoms with E-state index < -0.39 is 0 Å². The zero-order valence-electron chi connectivity index (χ0n) is 10.3. The van der Waals surface area contributed by atoms with Crippen LogP contribution in [0, 0.1) is 26.6 Å². The third kappa shape index (κ3) is 2.86. The molecule has 0 bridgehead atoms. The smallest absolute Gasteiger partial charge is 0.146 e. The van der Waals surface area contributed by atoms with Gasteiger partial charge in [-0.1, -0.05) is 6.07 Å². The number of nitrogens with one attached hydrogen (secondary N) is 1. The number of anilines is 1. The summed E-state index contributed by atoms with van der Waals surface area (Å²) >= 11 is 1.78. The first kappa shape index (κ1) is 12.1. The van der Waals surface area contributed by atoms with Crippen LogP contribution >= 0.6 is 11.3 Å². The second-order valence-corrected chi connectivity index (χ2v) is 5.74. The lowest BCUT2D eigenvalue weighted by molar-refractivity contribution is 0.629. The monoisotopic (exact) mass is 249 g/mol. The Hall–Kier alpha value is -1.35. The van der Waals surface area contributed by atoms with Crippen molar-refractivity contribution in [2.45, 2.75) is 27.3 Å². The molecule has 3 heteroatoms. The zero-order chi connectivity index (χ0) is 12.4. The Bertz CT molecular complexity index is 531. The third-order valence-corrected chi connectivity index (χ3v) is 3.74. The first-order valence-corrected chi connectivity index (χ1v) is 6.44. The Labute approximate surface area is 105 Å². The maximum Gasteiger partial charge on any atom is 0.146 e. The highest BCUT2D eigenvalue weighted by Gasteiger charge is 2.05. The fourth-order valence-electron chi connectivity index (χ4n) is 1.82. The van der Waals surface area contributed by atoms with E-state index in [9.17, 15) is 4.39 Å². The molecule has 0 atom stereocenters. The van der Waals surface area contributed by atoms with Gasteiger partial charge in [-0.05, 0) is 50.1 Å². The van der Waals surface area contributed by atoms with Crippen molar-refractivity contribution < 1.29 is 4.39 Å². The molecule has 2 rings (SSSR count). The Morgan fingerprint density at radius 1 is 1.18 bits per heavy atom. The summed E-state index contributed by atoms with van der Waals surface area (Å²) in [5, 5.41) is 3.16. The second-order valence-electron chi connectivity index (χ2n) is 4.28. The lowest BCUT2D eigenvalue weighted by Crippen LogP contribution is -2.01. The molecule has 0 aliphatic heterocycles. The molecule has 17 heavy (non-hydrogen) atoms. The van der Waals surface area contributed by atoms with Gasteiger partial charge in [0.1, 0.15) is 5.82 Å². The molecule has 1 aromatic carbocycles. The van der Waals surface area contributed by atoms with Crippen molar-refractivity contribution in [3.63, 3.8) is 0 Å². The average Bonchev–Trinajstić information content (AvgIpc) is 2.59. The van der Waals surface area contributed by atoms with E-state index in [0.717, 1.165) is 5.56 Å². The average molecular weight is 249 g/mol. The Morgan fingerprint density at radius 2 is 1.94 bits per heavy atom. The van der Waals surface area contributed by atoms with Gasteiger partial charge < -0.3 is 5.32 Å². The van der Waals surface area contributed by atoms with Crippen LogP contribution in [0.2, 0.25) is 0 Å². The molecule has 1 heterocycles. The van der Waals surface area contributed by atoms with Crippen LogP contribution in [-0.4, -0.2) is 0 Å². The molecule has 1 nitrogen and oxygen atoms in total. The molecule has 1 aromatic heterocycles. The number of hydrogen-bond donors (Lipinski definition) is 1. The minimum Gasteiger partial charge on any atom is -0.379 e. The summed E-state index contributed by atoms with van der Waals surface area (Å²) in [6.07, 6.45) is 0. The molecule has 0 fully saturated rings. The van der Waals surface area contributed by atoms with Crippen molar-refractivity contribution in [1.82, 2.24) is 0 Å². The number of hydrogen-bond acceptors (Lipinski definition) is 2. The number of halogens is 1. The van der Waals surface area contributed by atoms with E-state index in [1.807, 2.05) is 13.0 Å². The van der Waals surface area contributed by atoms with Crippen molar-refractivity contribution in [3.05, 3.63) is 51.0 Å². The maximum absolute atomic E-state index is 13.5. The van der Waals surface area contributed by atoms with Crippen LogP contribution in [0.1, 0.15) is 20.9 Å². The number of thiophene rings is 1. The van der Waals surface area contributed by atoms with Crippen LogP contribution in [0.4, 0.5) is 10.1 Å². The molecular weight excluding hydrogens is 233 g/mol. The largest absolute Gasteiger partial charge is 0.379 e. The van der Waals surface area contributed by atoms with Crippen LogP contribution in [0.25, 0.3) is 0 Å². The first-order chi connectivity index (χ1) is 8.06. The van der Waals surface area contributed by atoms with Gasteiger partial charge in [-0.15, -0.1) is 11.3 Å². The van der Waals surface area contributed by atoms with E-state index in [-0.39, 0.29) is 5.82 Å². The molecule has 0 unspecified atom stereocenters. The van der Waals surface area contributed by atoms with Crippen molar-refractivity contribution in [1.29, 1.82) is 0 Å². The van der Waals surface area contributed by atoms with Crippen molar-refractivity contribution in [3.8, 4) is 0 Å². The molecule has 0 aliphatic carbocycles. The molecule has 90 valence electrons. The van der Waals surface area contributed by atoms with Gasteiger partial charge in [-0.2, -0.15) is 0 Å². The normalized spacial score (nSPS) is 10.6. The van der Waals surface area contributed by atoms with Crippen LogP contribution in [0.5, 0.6) is 0 Å². The Morgan fingerprint density at radius 3 is 2.59 bits per heavy atom. The van der Waals surface area contributed by atoms with Crippen molar-refractivity contribution in [2.24, 2.45) is 0 Å². The topological polar surface area (TPSA) is 12.0 Å². The van der Waals surface area contributed by atoms with Gasteiger partial charge in [0.25, 0.3) is 0 Å². The fourth-order valence-corrected chi connectivity index (χ4v) is 2.77. The van der Waals surface area contributed by atoms with Gasteiger partial charge in [-0.3, -0.25) is 0 Å². The maximum atomic E-state index is 13.5. The molecule has 0 aliphatic rings. The summed E-state index contributed by atoms with van der Waals surface area (Å²) in [6.45, 7) is 6.83. The van der Waals surface area contributed by atoms with Crippen LogP contribution < -0.4 is 5.32 Å². The van der Waals surface area contributed by atoms with Crippen molar-refractivity contribution in [2.75, 3.05) is 5.32 Å². The summed E-state index contributed by atoms with van der Waals surface area (Å²) in [4.78, 5) is 2.59. The molecule has 2 aromatic rings. The van der Waals surface area contributed by atoms with Gasteiger partial charge in [-0.25, -0.2) is 4.39 Å². The molecule has 0 saturated carbocycles. The number of aryl methyl sites for hydroxylation is 3. The van der Waals surface area contributed by atoms with E-state index in [2.05, 4.69) is 25.2 Å². The number of benzene rings is 1. The standard InChI is InChI=1S/C14H16FNS/c1-9-4-5-13(15)14(6-9)16-8-12-7-10(2)17-11(12)3/h4-7,16H,8H2,1-3H3. The predicted molar refractivity (Wildman–Crippen MR) is 72.3 cm³/mol.